The normalized spacial score (nSPS) is 12.4. The Morgan fingerprint density at radius 1 is 1.47 bits per heavy atom. The molecule has 1 aromatic heterocycles. The second-order valence-corrected chi connectivity index (χ2v) is 5.96. The predicted octanol–water partition coefficient (Wildman–Crippen LogP) is 1.86. The molecule has 0 aliphatic rings. The van der Waals surface area contributed by atoms with Crippen molar-refractivity contribution in [1.29, 1.82) is 0 Å². The molecule has 0 fully saturated rings. The van der Waals surface area contributed by atoms with Gasteiger partial charge in [0.2, 0.25) is 0 Å². The van der Waals surface area contributed by atoms with Crippen LogP contribution in [0.15, 0.2) is 6.20 Å². The smallest absolute Gasteiger partial charge is 0.0981 e. The molecule has 0 aromatic carbocycles. The molecule has 15 heavy (non-hydrogen) atoms. The maximum atomic E-state index is 8.80. The van der Waals surface area contributed by atoms with Gasteiger partial charge in [-0.2, -0.15) is 0 Å². The molecule has 0 atom stereocenters. The fourth-order valence-electron chi connectivity index (χ4n) is 1.24. The van der Waals surface area contributed by atoms with Crippen LogP contribution in [0.25, 0.3) is 0 Å². The van der Waals surface area contributed by atoms with Crippen LogP contribution in [0.1, 0.15) is 30.7 Å². The highest BCUT2D eigenvalue weighted by Gasteiger charge is 2.18. The molecule has 0 spiro atoms. The van der Waals surface area contributed by atoms with E-state index in [2.05, 4.69) is 30.7 Å². The molecule has 1 N–H and O–H groups in total. The van der Waals surface area contributed by atoms with Crippen molar-refractivity contribution in [3.63, 3.8) is 0 Å². The van der Waals surface area contributed by atoms with Crippen molar-refractivity contribution >= 4 is 11.3 Å². The van der Waals surface area contributed by atoms with Gasteiger partial charge in [-0.3, -0.25) is 4.90 Å². The van der Waals surface area contributed by atoms with Crippen LogP contribution >= 0.6 is 11.3 Å². The van der Waals surface area contributed by atoms with Gasteiger partial charge < -0.3 is 5.11 Å². The van der Waals surface area contributed by atoms with Gasteiger partial charge in [0.05, 0.1) is 11.6 Å². The van der Waals surface area contributed by atoms with Crippen molar-refractivity contribution in [1.82, 2.24) is 9.88 Å². The number of aliphatic hydroxyl groups excluding tert-OH is 1. The molecule has 0 amide bonds. The molecule has 0 bridgehead atoms. The van der Waals surface area contributed by atoms with Crippen LogP contribution in [-0.2, 0) is 12.0 Å². The lowest BCUT2D eigenvalue weighted by molar-refractivity contribution is 0.218. The first kappa shape index (κ1) is 12.6. The highest BCUT2D eigenvalue weighted by atomic mass is 32.1. The quantitative estimate of drug-likeness (QED) is 0.854. The van der Waals surface area contributed by atoms with Crippen molar-refractivity contribution in [3.05, 3.63) is 16.1 Å². The molecule has 4 heteroatoms. The van der Waals surface area contributed by atoms with Crippen molar-refractivity contribution in [3.8, 4) is 0 Å². The molecular weight excluding hydrogens is 208 g/mol. The zero-order valence-corrected chi connectivity index (χ0v) is 10.8. The highest BCUT2D eigenvalue weighted by Crippen LogP contribution is 2.27. The zero-order valence-electron chi connectivity index (χ0n) is 9.95. The first-order chi connectivity index (χ1) is 6.93. The second kappa shape index (κ2) is 5.05. The minimum atomic E-state index is 0.137. The van der Waals surface area contributed by atoms with Crippen LogP contribution in [-0.4, -0.2) is 35.2 Å². The lowest BCUT2D eigenvalue weighted by atomic mass is 9.98. The fourth-order valence-corrected chi connectivity index (χ4v) is 2.29. The van der Waals surface area contributed by atoms with E-state index < -0.39 is 0 Å². The van der Waals surface area contributed by atoms with Gasteiger partial charge in [0, 0.05) is 29.6 Å². The van der Waals surface area contributed by atoms with Gasteiger partial charge in [-0.25, -0.2) is 4.98 Å². The number of thiazole rings is 1. The third-order valence-electron chi connectivity index (χ3n) is 2.10. The van der Waals surface area contributed by atoms with E-state index in [0.717, 1.165) is 6.54 Å². The van der Waals surface area contributed by atoms with Gasteiger partial charge in [0.25, 0.3) is 0 Å². The molecule has 86 valence electrons. The predicted molar refractivity (Wildman–Crippen MR) is 64.2 cm³/mol. The van der Waals surface area contributed by atoms with Crippen LogP contribution in [0.5, 0.6) is 0 Å². The minimum Gasteiger partial charge on any atom is -0.395 e. The first-order valence-electron chi connectivity index (χ1n) is 5.18. The van der Waals surface area contributed by atoms with Crippen LogP contribution in [0.3, 0.4) is 0 Å². The number of aromatic nitrogens is 1. The Kier molecular flexibility index (Phi) is 4.25. The Bertz CT molecular complexity index is 304. The standard InChI is InChI=1S/C11H20N2OS/c1-11(2,3)10-12-7-9(15-10)8-13(4)5-6-14/h7,14H,5-6,8H2,1-4H3. The Hall–Kier alpha value is -0.450. The Balaban J connectivity index is 2.61. The summed E-state index contributed by atoms with van der Waals surface area (Å²) in [6.07, 6.45) is 1.94. The summed E-state index contributed by atoms with van der Waals surface area (Å²) in [6.45, 7) is 8.31. The zero-order chi connectivity index (χ0) is 11.5. The van der Waals surface area contributed by atoms with E-state index in [9.17, 15) is 0 Å². The van der Waals surface area contributed by atoms with Gasteiger partial charge >= 0.3 is 0 Å². The largest absolute Gasteiger partial charge is 0.395 e. The molecule has 0 radical (unpaired) electrons. The van der Waals surface area contributed by atoms with Crippen LogP contribution in [0.2, 0.25) is 0 Å². The van der Waals surface area contributed by atoms with Crippen LogP contribution < -0.4 is 0 Å². The van der Waals surface area contributed by atoms with E-state index in [1.54, 1.807) is 11.3 Å². The molecule has 0 aliphatic carbocycles. The lowest BCUT2D eigenvalue weighted by Gasteiger charge is -2.14. The molecule has 1 rings (SSSR count). The van der Waals surface area contributed by atoms with E-state index in [4.69, 9.17) is 5.11 Å². The van der Waals surface area contributed by atoms with Crippen molar-refractivity contribution in [2.24, 2.45) is 0 Å². The van der Waals surface area contributed by atoms with Gasteiger partial charge in [-0.05, 0) is 7.05 Å². The van der Waals surface area contributed by atoms with Crippen LogP contribution in [0.4, 0.5) is 0 Å². The molecule has 0 saturated heterocycles. The molecule has 0 saturated carbocycles. The third-order valence-corrected chi connectivity index (χ3v) is 3.51. The van der Waals surface area contributed by atoms with Crippen LogP contribution in [0, 0.1) is 0 Å². The van der Waals surface area contributed by atoms with Crippen molar-refractivity contribution < 1.29 is 5.11 Å². The SMILES string of the molecule is CN(CCO)Cc1cnc(C(C)(C)C)s1. The molecule has 3 nitrogen and oxygen atoms in total. The summed E-state index contributed by atoms with van der Waals surface area (Å²) >= 11 is 1.76. The summed E-state index contributed by atoms with van der Waals surface area (Å²) in [5, 5.41) is 9.97. The van der Waals surface area contributed by atoms with E-state index in [0.29, 0.717) is 6.54 Å². The Labute approximate surface area is 95.8 Å². The maximum absolute atomic E-state index is 8.80. The number of hydrogen-bond donors (Lipinski definition) is 1. The topological polar surface area (TPSA) is 36.4 Å². The van der Waals surface area contributed by atoms with E-state index in [-0.39, 0.29) is 12.0 Å². The van der Waals surface area contributed by atoms with E-state index in [1.807, 2.05) is 13.2 Å². The summed E-state index contributed by atoms with van der Waals surface area (Å²) < 4.78 is 0. The average molecular weight is 228 g/mol. The second-order valence-electron chi connectivity index (χ2n) is 4.84. The summed E-state index contributed by atoms with van der Waals surface area (Å²) in [6, 6.07) is 0. The Morgan fingerprint density at radius 2 is 2.13 bits per heavy atom. The van der Waals surface area contributed by atoms with E-state index in [1.165, 1.54) is 9.88 Å². The summed E-state index contributed by atoms with van der Waals surface area (Å²) in [4.78, 5) is 7.79. The molecular formula is C11H20N2OS. The van der Waals surface area contributed by atoms with Gasteiger partial charge in [-0.1, -0.05) is 20.8 Å². The number of aliphatic hydroxyl groups is 1. The van der Waals surface area contributed by atoms with E-state index >= 15 is 0 Å². The Morgan fingerprint density at radius 3 is 2.60 bits per heavy atom. The number of rotatable bonds is 4. The summed E-state index contributed by atoms with van der Waals surface area (Å²) in [5.74, 6) is 0. The molecule has 1 aromatic rings. The highest BCUT2D eigenvalue weighted by molar-refractivity contribution is 7.11. The number of nitrogens with zero attached hydrogens (tertiary/aromatic N) is 2. The fraction of sp³-hybridized carbons (Fsp3) is 0.727. The number of likely N-dealkylation sites (N-methyl/N-ethyl adjacent to an activating group) is 1. The van der Waals surface area contributed by atoms with Crippen molar-refractivity contribution in [2.75, 3.05) is 20.2 Å². The maximum Gasteiger partial charge on any atom is 0.0981 e. The first-order valence-corrected chi connectivity index (χ1v) is 5.99. The lowest BCUT2D eigenvalue weighted by Crippen LogP contribution is -2.20. The van der Waals surface area contributed by atoms with Gasteiger partial charge in [-0.15, -0.1) is 11.3 Å². The molecule has 0 aliphatic heterocycles. The summed E-state index contributed by atoms with van der Waals surface area (Å²) in [5.41, 5.74) is 0.137. The van der Waals surface area contributed by atoms with Gasteiger partial charge in [0.15, 0.2) is 0 Å². The minimum absolute atomic E-state index is 0.137. The molecule has 0 unspecified atom stereocenters. The molecule has 1 heterocycles. The van der Waals surface area contributed by atoms with Crippen molar-refractivity contribution in [2.45, 2.75) is 32.7 Å². The number of hydrogen-bond acceptors (Lipinski definition) is 4. The third kappa shape index (κ3) is 3.89. The summed E-state index contributed by atoms with van der Waals surface area (Å²) in [7, 11) is 2.01. The monoisotopic (exact) mass is 228 g/mol. The average Bonchev–Trinajstić information content (AvgIpc) is 2.52. The van der Waals surface area contributed by atoms with Gasteiger partial charge in [0.1, 0.15) is 0 Å².